The van der Waals surface area contributed by atoms with Crippen LogP contribution < -0.4 is 0 Å². The maximum absolute atomic E-state index is 11.4. The Kier molecular flexibility index (Phi) is 2.90. The summed E-state index contributed by atoms with van der Waals surface area (Å²) in [6.45, 7) is 4.38. The predicted octanol–water partition coefficient (Wildman–Crippen LogP) is 3.51. The third-order valence-electron chi connectivity index (χ3n) is 4.22. The van der Waals surface area contributed by atoms with Crippen LogP contribution in [0.15, 0.2) is 12.1 Å². The van der Waals surface area contributed by atoms with Crippen molar-refractivity contribution in [2.45, 2.75) is 32.2 Å². The van der Waals surface area contributed by atoms with Crippen LogP contribution in [0, 0.1) is 6.92 Å². The average molecular weight is 294 g/mol. The smallest absolute Gasteiger partial charge is 0.408 e. The van der Waals surface area contributed by atoms with Gasteiger partial charge in [0, 0.05) is 11.6 Å². The first-order valence-corrected chi connectivity index (χ1v) is 6.97. The van der Waals surface area contributed by atoms with Crippen molar-refractivity contribution >= 4 is 28.7 Å². The van der Waals surface area contributed by atoms with Crippen LogP contribution in [0.2, 0.25) is 5.02 Å². The number of hydrogen-bond donors (Lipinski definition) is 2. The van der Waals surface area contributed by atoms with E-state index in [2.05, 4.69) is 9.97 Å². The molecule has 0 radical (unpaired) electrons. The Morgan fingerprint density at radius 1 is 1.55 bits per heavy atom. The SMILES string of the molecule is Cc1c(Cl)ccc2[nH]c(C3(C)CCCN3C(=O)O)nc12. The molecule has 0 spiro atoms. The molecule has 0 aliphatic carbocycles. The van der Waals surface area contributed by atoms with E-state index in [4.69, 9.17) is 11.6 Å². The molecular weight excluding hydrogens is 278 g/mol. The maximum atomic E-state index is 11.4. The predicted molar refractivity (Wildman–Crippen MR) is 77.2 cm³/mol. The van der Waals surface area contributed by atoms with E-state index in [1.165, 1.54) is 4.90 Å². The normalized spacial score (nSPS) is 22.6. The summed E-state index contributed by atoms with van der Waals surface area (Å²) in [6, 6.07) is 3.71. The molecule has 1 aliphatic heterocycles. The van der Waals surface area contributed by atoms with Gasteiger partial charge in [-0.2, -0.15) is 0 Å². The van der Waals surface area contributed by atoms with Crippen molar-refractivity contribution in [2.24, 2.45) is 0 Å². The molecule has 1 fully saturated rings. The van der Waals surface area contributed by atoms with E-state index in [0.29, 0.717) is 17.4 Å². The first kappa shape index (κ1) is 13.2. The van der Waals surface area contributed by atoms with Crippen LogP contribution in [0.5, 0.6) is 0 Å². The van der Waals surface area contributed by atoms with Crippen molar-refractivity contribution in [3.8, 4) is 0 Å². The second-order valence-corrected chi connectivity index (χ2v) is 5.87. The van der Waals surface area contributed by atoms with Gasteiger partial charge in [0.25, 0.3) is 0 Å². The van der Waals surface area contributed by atoms with Gasteiger partial charge in [0.05, 0.1) is 11.0 Å². The molecule has 1 saturated heterocycles. The number of H-pyrrole nitrogens is 1. The number of carbonyl (C=O) groups is 1. The van der Waals surface area contributed by atoms with Gasteiger partial charge in [-0.1, -0.05) is 11.6 Å². The molecule has 1 aromatic heterocycles. The molecule has 1 aromatic carbocycles. The topological polar surface area (TPSA) is 69.2 Å². The van der Waals surface area contributed by atoms with Gasteiger partial charge in [0.15, 0.2) is 0 Å². The number of aromatic amines is 1. The fraction of sp³-hybridized carbons (Fsp3) is 0.429. The van der Waals surface area contributed by atoms with E-state index in [9.17, 15) is 9.90 Å². The standard InChI is InChI=1S/C14H16ClN3O2/c1-8-9(15)4-5-10-11(8)17-12(16-10)14(2)6-3-7-18(14)13(19)20/h4-5H,3,6-7H2,1-2H3,(H,16,17)(H,19,20). The summed E-state index contributed by atoms with van der Waals surface area (Å²) in [5.41, 5.74) is 2.02. The second-order valence-electron chi connectivity index (χ2n) is 5.47. The number of halogens is 1. The zero-order valence-corrected chi connectivity index (χ0v) is 12.2. The lowest BCUT2D eigenvalue weighted by molar-refractivity contribution is 0.106. The molecule has 6 heteroatoms. The lowest BCUT2D eigenvalue weighted by atomic mass is 9.98. The Hall–Kier alpha value is -1.75. The van der Waals surface area contributed by atoms with E-state index in [1.54, 1.807) is 0 Å². The van der Waals surface area contributed by atoms with Crippen LogP contribution >= 0.6 is 11.6 Å². The zero-order valence-electron chi connectivity index (χ0n) is 11.4. The summed E-state index contributed by atoms with van der Waals surface area (Å²) < 4.78 is 0. The van der Waals surface area contributed by atoms with Crippen LogP contribution in [0.25, 0.3) is 11.0 Å². The summed E-state index contributed by atoms with van der Waals surface area (Å²) >= 11 is 6.11. The van der Waals surface area contributed by atoms with Crippen molar-refractivity contribution in [3.05, 3.63) is 28.5 Å². The van der Waals surface area contributed by atoms with Crippen molar-refractivity contribution in [1.82, 2.24) is 14.9 Å². The van der Waals surface area contributed by atoms with Crippen molar-refractivity contribution in [3.63, 3.8) is 0 Å². The molecule has 3 rings (SSSR count). The highest BCUT2D eigenvalue weighted by Crippen LogP contribution is 2.38. The van der Waals surface area contributed by atoms with Gasteiger partial charge in [-0.15, -0.1) is 0 Å². The van der Waals surface area contributed by atoms with Crippen LogP contribution in [-0.4, -0.2) is 32.6 Å². The van der Waals surface area contributed by atoms with E-state index in [1.807, 2.05) is 26.0 Å². The van der Waals surface area contributed by atoms with Crippen molar-refractivity contribution in [1.29, 1.82) is 0 Å². The molecule has 5 nitrogen and oxygen atoms in total. The second kappa shape index (κ2) is 4.38. The Morgan fingerprint density at radius 2 is 2.30 bits per heavy atom. The van der Waals surface area contributed by atoms with Crippen LogP contribution in [-0.2, 0) is 5.54 Å². The number of fused-ring (bicyclic) bond motifs is 1. The van der Waals surface area contributed by atoms with Gasteiger partial charge >= 0.3 is 6.09 Å². The van der Waals surface area contributed by atoms with Crippen LogP contribution in [0.4, 0.5) is 4.79 Å². The number of likely N-dealkylation sites (tertiary alicyclic amines) is 1. The maximum Gasteiger partial charge on any atom is 0.408 e. The summed E-state index contributed by atoms with van der Waals surface area (Å²) in [5.74, 6) is 0.692. The zero-order chi connectivity index (χ0) is 14.5. The average Bonchev–Trinajstić information content (AvgIpc) is 2.98. The number of imidazole rings is 1. The monoisotopic (exact) mass is 293 g/mol. The van der Waals surface area contributed by atoms with E-state index in [-0.39, 0.29) is 0 Å². The molecule has 2 N–H and O–H groups in total. The number of nitrogens with one attached hydrogen (secondary N) is 1. The molecule has 2 aromatic rings. The lowest BCUT2D eigenvalue weighted by Gasteiger charge is -2.31. The van der Waals surface area contributed by atoms with Gasteiger partial charge < -0.3 is 10.1 Å². The number of hydrogen-bond acceptors (Lipinski definition) is 2. The van der Waals surface area contributed by atoms with Gasteiger partial charge in [-0.3, -0.25) is 4.90 Å². The third-order valence-corrected chi connectivity index (χ3v) is 4.63. The number of amides is 1. The molecule has 0 bridgehead atoms. The minimum atomic E-state index is -0.903. The van der Waals surface area contributed by atoms with Crippen LogP contribution in [0.3, 0.4) is 0 Å². The first-order chi connectivity index (χ1) is 9.43. The Bertz CT molecular complexity index is 697. The molecule has 1 amide bonds. The van der Waals surface area contributed by atoms with Gasteiger partial charge in [-0.25, -0.2) is 9.78 Å². The van der Waals surface area contributed by atoms with E-state index in [0.717, 1.165) is 29.4 Å². The quantitative estimate of drug-likeness (QED) is 0.845. The lowest BCUT2D eigenvalue weighted by Crippen LogP contribution is -2.42. The molecule has 2 heterocycles. The summed E-state index contributed by atoms with van der Waals surface area (Å²) in [7, 11) is 0. The molecule has 106 valence electrons. The first-order valence-electron chi connectivity index (χ1n) is 6.59. The molecule has 20 heavy (non-hydrogen) atoms. The largest absolute Gasteiger partial charge is 0.465 e. The number of benzene rings is 1. The number of rotatable bonds is 1. The fourth-order valence-corrected chi connectivity index (χ4v) is 3.11. The number of carboxylic acid groups (broad SMARTS) is 1. The molecule has 0 saturated carbocycles. The fourth-order valence-electron chi connectivity index (χ4n) is 2.96. The van der Waals surface area contributed by atoms with E-state index >= 15 is 0 Å². The molecule has 1 atom stereocenters. The highest BCUT2D eigenvalue weighted by Gasteiger charge is 2.43. The van der Waals surface area contributed by atoms with Gasteiger partial charge in [-0.05, 0) is 44.4 Å². The number of aryl methyl sites for hydroxylation is 1. The van der Waals surface area contributed by atoms with Crippen LogP contribution in [0.1, 0.15) is 31.2 Å². The molecule has 1 unspecified atom stereocenters. The Labute approximate surface area is 121 Å². The summed E-state index contributed by atoms with van der Waals surface area (Å²) in [5, 5.41) is 10.0. The minimum Gasteiger partial charge on any atom is -0.465 e. The minimum absolute atomic E-state index is 0.544. The third kappa shape index (κ3) is 1.77. The molecule has 1 aliphatic rings. The molecular formula is C14H16ClN3O2. The Balaban J connectivity index is 2.15. The highest BCUT2D eigenvalue weighted by atomic mass is 35.5. The van der Waals surface area contributed by atoms with Crippen molar-refractivity contribution < 1.29 is 9.90 Å². The van der Waals surface area contributed by atoms with Crippen molar-refractivity contribution in [2.75, 3.05) is 6.54 Å². The number of aromatic nitrogens is 2. The highest BCUT2D eigenvalue weighted by molar-refractivity contribution is 6.32. The number of nitrogens with zero attached hydrogens (tertiary/aromatic N) is 2. The van der Waals surface area contributed by atoms with Gasteiger partial charge in [0.1, 0.15) is 11.4 Å². The Morgan fingerprint density at radius 3 is 3.00 bits per heavy atom. The van der Waals surface area contributed by atoms with Gasteiger partial charge in [0.2, 0.25) is 0 Å². The van der Waals surface area contributed by atoms with E-state index < -0.39 is 11.6 Å². The summed E-state index contributed by atoms with van der Waals surface area (Å²) in [6.07, 6.45) is 0.714. The summed E-state index contributed by atoms with van der Waals surface area (Å²) in [4.78, 5) is 20.7.